The van der Waals surface area contributed by atoms with E-state index in [1.807, 2.05) is 0 Å². The van der Waals surface area contributed by atoms with Crippen LogP contribution in [0.4, 0.5) is 0 Å². The third-order valence-electron chi connectivity index (χ3n) is 0.660. The molecule has 0 aliphatic carbocycles. The second-order valence-electron chi connectivity index (χ2n) is 1.21. The average Bonchev–Trinajstić information content (AvgIpc) is 1.77. The number of halogens is 2. The summed E-state index contributed by atoms with van der Waals surface area (Å²) in [5.41, 5.74) is 0. The van der Waals surface area contributed by atoms with Crippen LogP contribution in [0, 0.1) is 6.07 Å². The van der Waals surface area contributed by atoms with Crippen molar-refractivity contribution in [1.82, 2.24) is 4.98 Å². The van der Waals surface area contributed by atoms with Gasteiger partial charge in [0.25, 0.3) is 0 Å². The molecule has 0 aliphatic rings. The molecule has 4 heteroatoms. The van der Waals surface area contributed by atoms with Crippen LogP contribution in [0.25, 0.3) is 0 Å². The van der Waals surface area contributed by atoms with Gasteiger partial charge in [-0.05, 0) is 0 Å². The molecule has 0 amide bonds. The molecule has 1 nitrogen and oxygen atoms in total. The molecule has 0 aromatic carbocycles. The zero-order valence-corrected chi connectivity index (χ0v) is 6.37. The molecule has 42 valence electrons. The first-order chi connectivity index (χ1) is 3.80. The molecule has 1 aromatic rings. The van der Waals surface area contributed by atoms with Crippen molar-refractivity contribution >= 4 is 23.2 Å². The Hall–Kier alpha value is 0.327. The first kappa shape index (κ1) is 9.33. The summed E-state index contributed by atoms with van der Waals surface area (Å²) in [6.07, 6.45) is 1.47. The van der Waals surface area contributed by atoms with E-state index >= 15 is 0 Å². The second-order valence-corrected chi connectivity index (χ2v) is 1.97. The molecule has 0 radical (unpaired) electrons. The van der Waals surface area contributed by atoms with E-state index in [-0.39, 0.29) is 18.9 Å². The normalized spacial score (nSPS) is 8.22. The van der Waals surface area contributed by atoms with Crippen molar-refractivity contribution in [1.29, 1.82) is 0 Å². The molecular formula is C5H2Cl2LiN. The largest absolute Gasteiger partial charge is 1.00 e. The van der Waals surface area contributed by atoms with Gasteiger partial charge < -0.3 is 0 Å². The number of hydrogen-bond acceptors (Lipinski definition) is 1. The van der Waals surface area contributed by atoms with E-state index in [2.05, 4.69) is 11.1 Å². The van der Waals surface area contributed by atoms with Crippen LogP contribution in [0.2, 0.25) is 10.2 Å². The minimum absolute atomic E-state index is 0. The van der Waals surface area contributed by atoms with Crippen molar-refractivity contribution in [3.05, 3.63) is 28.5 Å². The van der Waals surface area contributed by atoms with E-state index in [0.717, 1.165) is 0 Å². The predicted molar refractivity (Wildman–Crippen MR) is 33.1 cm³/mol. The number of pyridine rings is 1. The van der Waals surface area contributed by atoms with Crippen LogP contribution in [0.1, 0.15) is 0 Å². The van der Waals surface area contributed by atoms with Crippen molar-refractivity contribution < 1.29 is 18.9 Å². The standard InChI is InChI=1S/C5H2Cl2N.Li/c6-4-2-1-3-8-5(4)7;/h2-3H;/q-1;+1. The van der Waals surface area contributed by atoms with Gasteiger partial charge in [-0.25, -0.2) is 23.7 Å². The summed E-state index contributed by atoms with van der Waals surface area (Å²) < 4.78 is 0. The minimum atomic E-state index is 0. The van der Waals surface area contributed by atoms with Crippen LogP contribution < -0.4 is 18.9 Å². The molecule has 1 heterocycles. The molecule has 1 aromatic heterocycles. The molecule has 1 rings (SSSR count). The molecule has 0 unspecified atom stereocenters. The molecule has 0 aliphatic heterocycles. The number of nitrogens with zero attached hydrogens (tertiary/aromatic N) is 1. The third-order valence-corrected chi connectivity index (χ3v) is 1.35. The topological polar surface area (TPSA) is 12.9 Å². The van der Waals surface area contributed by atoms with E-state index in [1.54, 1.807) is 6.07 Å². The van der Waals surface area contributed by atoms with Crippen molar-refractivity contribution in [2.75, 3.05) is 0 Å². The van der Waals surface area contributed by atoms with Gasteiger partial charge in [0.15, 0.2) is 0 Å². The molecule has 0 fully saturated rings. The van der Waals surface area contributed by atoms with Gasteiger partial charge in [0, 0.05) is 0 Å². The molecule has 0 saturated heterocycles. The van der Waals surface area contributed by atoms with Gasteiger partial charge in [-0.3, -0.25) is 4.98 Å². The van der Waals surface area contributed by atoms with E-state index in [0.29, 0.717) is 10.2 Å². The summed E-state index contributed by atoms with van der Waals surface area (Å²) in [5.74, 6) is 0. The zero-order valence-electron chi connectivity index (χ0n) is 4.86. The maximum atomic E-state index is 5.48. The molecule has 0 N–H and O–H groups in total. The monoisotopic (exact) mass is 153 g/mol. The van der Waals surface area contributed by atoms with Gasteiger partial charge in [-0.2, -0.15) is 0 Å². The van der Waals surface area contributed by atoms with Crippen LogP contribution in [0.5, 0.6) is 0 Å². The van der Waals surface area contributed by atoms with Crippen LogP contribution in [-0.4, -0.2) is 4.98 Å². The van der Waals surface area contributed by atoms with Crippen molar-refractivity contribution in [2.24, 2.45) is 0 Å². The molecule has 0 atom stereocenters. The van der Waals surface area contributed by atoms with E-state index in [9.17, 15) is 0 Å². The summed E-state index contributed by atoms with van der Waals surface area (Å²) in [6, 6.07) is 4.24. The summed E-state index contributed by atoms with van der Waals surface area (Å²) in [6.45, 7) is 0. The molecule has 0 saturated carbocycles. The van der Waals surface area contributed by atoms with Crippen molar-refractivity contribution in [3.8, 4) is 0 Å². The SMILES string of the molecule is Clc1c[c-]cnc1Cl.[Li+]. The van der Waals surface area contributed by atoms with Crippen LogP contribution >= 0.6 is 23.2 Å². The quantitative estimate of drug-likeness (QED) is 0.270. The first-order valence-corrected chi connectivity index (χ1v) is 2.73. The number of aromatic nitrogens is 1. The van der Waals surface area contributed by atoms with Crippen LogP contribution in [0.15, 0.2) is 12.3 Å². The Kier molecular flexibility index (Phi) is 4.34. The van der Waals surface area contributed by atoms with Gasteiger partial charge >= 0.3 is 18.9 Å². The second kappa shape index (κ2) is 4.19. The molecule has 0 bridgehead atoms. The fourth-order valence-electron chi connectivity index (χ4n) is 0.326. The van der Waals surface area contributed by atoms with E-state index < -0.39 is 0 Å². The van der Waals surface area contributed by atoms with Gasteiger partial charge in [0.2, 0.25) is 0 Å². The minimum Gasteiger partial charge on any atom is -0.283 e. The fraction of sp³-hybridized carbons (Fsp3) is 0. The molecule has 0 spiro atoms. The Morgan fingerprint density at radius 1 is 1.44 bits per heavy atom. The fourth-order valence-corrected chi connectivity index (χ4v) is 0.541. The molecule has 9 heavy (non-hydrogen) atoms. The Morgan fingerprint density at radius 3 is 2.44 bits per heavy atom. The Balaban J connectivity index is 0.000000640. The van der Waals surface area contributed by atoms with Gasteiger partial charge in [0.05, 0.1) is 5.15 Å². The maximum absolute atomic E-state index is 5.48. The maximum Gasteiger partial charge on any atom is 1.00 e. The number of hydrogen-bond donors (Lipinski definition) is 0. The van der Waals surface area contributed by atoms with Crippen molar-refractivity contribution in [3.63, 3.8) is 0 Å². The Bertz CT molecular complexity index is 171. The smallest absolute Gasteiger partial charge is 0.283 e. The summed E-state index contributed by atoms with van der Waals surface area (Å²) in [5, 5.41) is 0.764. The predicted octanol–water partition coefficient (Wildman–Crippen LogP) is -0.807. The Labute approximate surface area is 75.6 Å². The van der Waals surface area contributed by atoms with Gasteiger partial charge in [-0.15, -0.1) is 0 Å². The zero-order chi connectivity index (χ0) is 5.98. The van der Waals surface area contributed by atoms with Crippen molar-refractivity contribution in [2.45, 2.75) is 0 Å². The third kappa shape index (κ3) is 2.60. The van der Waals surface area contributed by atoms with Gasteiger partial charge in [0.1, 0.15) is 0 Å². The first-order valence-electron chi connectivity index (χ1n) is 1.98. The summed E-state index contributed by atoms with van der Waals surface area (Å²) >= 11 is 10.9. The van der Waals surface area contributed by atoms with Crippen LogP contribution in [0.3, 0.4) is 0 Å². The number of rotatable bonds is 0. The molecular weight excluding hydrogens is 152 g/mol. The summed E-state index contributed by atoms with van der Waals surface area (Å²) in [4.78, 5) is 3.66. The Morgan fingerprint density at radius 2 is 2.11 bits per heavy atom. The van der Waals surface area contributed by atoms with Crippen LogP contribution in [-0.2, 0) is 0 Å². The van der Waals surface area contributed by atoms with E-state index in [4.69, 9.17) is 23.2 Å². The van der Waals surface area contributed by atoms with Gasteiger partial charge in [-0.1, -0.05) is 22.8 Å². The summed E-state index contributed by atoms with van der Waals surface area (Å²) in [7, 11) is 0. The average molecular weight is 154 g/mol. The van der Waals surface area contributed by atoms with E-state index in [1.165, 1.54) is 6.20 Å².